The molecule has 11 heteroatoms. The molecular formula is C27H30F3N3O5. The van der Waals surface area contributed by atoms with Gasteiger partial charge in [-0.2, -0.15) is 13.2 Å². The molecule has 0 aromatic heterocycles. The Morgan fingerprint density at radius 1 is 1.13 bits per heavy atom. The summed E-state index contributed by atoms with van der Waals surface area (Å²) in [7, 11) is 1.48. The zero-order valence-corrected chi connectivity index (χ0v) is 20.8. The summed E-state index contributed by atoms with van der Waals surface area (Å²) in [5.41, 5.74) is -0.0278. The van der Waals surface area contributed by atoms with Crippen molar-refractivity contribution >= 4 is 17.7 Å². The number of rotatable bonds is 11. The Balaban J connectivity index is 1.72. The molecule has 0 bridgehead atoms. The number of ether oxygens (including phenoxy) is 2. The van der Waals surface area contributed by atoms with Crippen LogP contribution in [-0.4, -0.2) is 59.7 Å². The van der Waals surface area contributed by atoms with E-state index in [1.165, 1.54) is 12.0 Å². The lowest BCUT2D eigenvalue weighted by molar-refractivity contribution is -0.137. The maximum atomic E-state index is 13.8. The van der Waals surface area contributed by atoms with E-state index in [4.69, 9.17) is 20.0 Å². The molecule has 0 aliphatic carbocycles. The average Bonchev–Trinajstić information content (AvgIpc) is 3.31. The second kappa shape index (κ2) is 13.1. The van der Waals surface area contributed by atoms with Gasteiger partial charge in [0.25, 0.3) is 5.91 Å². The van der Waals surface area contributed by atoms with E-state index in [2.05, 4.69) is 5.32 Å². The molecule has 2 atom stereocenters. The third-order valence-electron chi connectivity index (χ3n) is 6.15. The fraction of sp³-hybridized carbons (Fsp3) is 0.370. The van der Waals surface area contributed by atoms with Gasteiger partial charge in [-0.3, -0.25) is 15.0 Å². The quantitative estimate of drug-likeness (QED) is 0.226. The summed E-state index contributed by atoms with van der Waals surface area (Å²) < 4.78 is 52.4. The minimum atomic E-state index is -5.00. The summed E-state index contributed by atoms with van der Waals surface area (Å²) in [6, 6.07) is 15.3. The first-order valence-electron chi connectivity index (χ1n) is 12.0. The van der Waals surface area contributed by atoms with Crippen LogP contribution in [0.3, 0.4) is 0 Å². The molecule has 204 valence electrons. The maximum Gasteiger partial charge on any atom is 0.421 e. The average molecular weight is 534 g/mol. The molecule has 3 rings (SSSR count). The Morgan fingerprint density at radius 2 is 1.82 bits per heavy atom. The number of halogens is 3. The van der Waals surface area contributed by atoms with Crippen LogP contribution < -0.4 is 10.1 Å². The van der Waals surface area contributed by atoms with E-state index in [1.54, 1.807) is 24.3 Å². The summed E-state index contributed by atoms with van der Waals surface area (Å²) in [5, 5.41) is 19.7. The molecule has 1 aliphatic heterocycles. The van der Waals surface area contributed by atoms with E-state index < -0.39 is 41.6 Å². The number of carboxylic acid groups (broad SMARTS) is 1. The molecule has 0 unspecified atom stereocenters. The number of nitrogens with zero attached hydrogens (tertiary/aromatic N) is 1. The molecule has 1 heterocycles. The number of hydrogen-bond acceptors (Lipinski definition) is 5. The van der Waals surface area contributed by atoms with Gasteiger partial charge in [0.15, 0.2) is 0 Å². The second-order valence-electron chi connectivity index (χ2n) is 8.86. The smallest absolute Gasteiger partial charge is 0.421 e. The highest BCUT2D eigenvalue weighted by molar-refractivity contribution is 6.03. The summed E-state index contributed by atoms with van der Waals surface area (Å²) in [6.45, 7) is 0.227. The number of aliphatic carboxylic acids is 1. The van der Waals surface area contributed by atoms with Crippen LogP contribution in [0.2, 0.25) is 0 Å². The van der Waals surface area contributed by atoms with Crippen molar-refractivity contribution in [1.82, 2.24) is 10.2 Å². The summed E-state index contributed by atoms with van der Waals surface area (Å²) in [6.07, 6.45) is -4.66. The number of nitrogens with one attached hydrogen (secondary N) is 2. The van der Waals surface area contributed by atoms with Crippen molar-refractivity contribution in [2.24, 2.45) is 0 Å². The number of benzene rings is 2. The number of alkyl halides is 3. The zero-order valence-electron chi connectivity index (χ0n) is 20.8. The van der Waals surface area contributed by atoms with Gasteiger partial charge >= 0.3 is 12.1 Å². The number of likely N-dealkylation sites (tertiary alicyclic amines) is 1. The predicted octanol–water partition coefficient (Wildman–Crippen LogP) is 4.30. The van der Waals surface area contributed by atoms with Gasteiger partial charge in [0.05, 0.1) is 19.8 Å². The van der Waals surface area contributed by atoms with Gasteiger partial charge in [0.2, 0.25) is 0 Å². The molecule has 0 radical (unpaired) electrons. The lowest BCUT2D eigenvalue weighted by atomic mass is 10.1. The molecule has 1 amide bonds. The first-order chi connectivity index (χ1) is 18.1. The van der Waals surface area contributed by atoms with E-state index >= 15 is 0 Å². The third kappa shape index (κ3) is 8.34. The molecule has 2 aromatic rings. The Morgan fingerprint density at radius 3 is 2.42 bits per heavy atom. The largest absolute Gasteiger partial charge is 0.497 e. The van der Waals surface area contributed by atoms with Gasteiger partial charge in [0.1, 0.15) is 17.2 Å². The van der Waals surface area contributed by atoms with Crippen LogP contribution in [0.4, 0.5) is 13.2 Å². The minimum Gasteiger partial charge on any atom is -0.497 e. The number of carbonyl (C=O) groups excluding carboxylic acids is 1. The van der Waals surface area contributed by atoms with Crippen molar-refractivity contribution < 1.29 is 37.3 Å². The highest BCUT2D eigenvalue weighted by Gasteiger charge is 2.40. The minimum absolute atomic E-state index is 0.102. The van der Waals surface area contributed by atoms with Crippen molar-refractivity contribution in [2.75, 3.05) is 13.7 Å². The molecule has 0 spiro atoms. The summed E-state index contributed by atoms with van der Waals surface area (Å²) >= 11 is 0. The van der Waals surface area contributed by atoms with Crippen LogP contribution in [0, 0.1) is 5.41 Å². The van der Waals surface area contributed by atoms with Gasteiger partial charge in [-0.25, -0.2) is 0 Å². The van der Waals surface area contributed by atoms with E-state index in [9.17, 15) is 22.8 Å². The molecule has 38 heavy (non-hydrogen) atoms. The first-order valence-corrected chi connectivity index (χ1v) is 12.0. The van der Waals surface area contributed by atoms with Crippen LogP contribution in [0.15, 0.2) is 66.2 Å². The van der Waals surface area contributed by atoms with Crippen LogP contribution in [0.1, 0.15) is 30.4 Å². The van der Waals surface area contributed by atoms with Gasteiger partial charge in [0, 0.05) is 25.6 Å². The number of carbonyl (C=O) groups is 2. The molecule has 1 fully saturated rings. The van der Waals surface area contributed by atoms with Crippen molar-refractivity contribution in [3.63, 3.8) is 0 Å². The highest BCUT2D eigenvalue weighted by Crippen LogP contribution is 2.29. The monoisotopic (exact) mass is 533 g/mol. The first kappa shape index (κ1) is 28.7. The Kier molecular flexibility index (Phi) is 9.89. The molecule has 1 aliphatic rings. The number of amidine groups is 1. The standard InChI is InChI=1S/C27H30F3N3O5/c1-37-21-10-7-18(8-11-21)15-32-26(36)23(27(28,29)30)14-24(31)33-16-22(13-20(33)9-12-25(34)35)38-17-19-5-3-2-4-6-19/h2-8,10-11,14,20,22,31H,9,12-13,15-17H2,1H3,(H,32,36)(H,34,35)/b23-14+,31-24?/t20-,22+/m1/s1. The van der Waals surface area contributed by atoms with Crippen molar-refractivity contribution in [3.8, 4) is 5.75 Å². The fourth-order valence-corrected chi connectivity index (χ4v) is 4.16. The third-order valence-corrected chi connectivity index (χ3v) is 6.15. The number of amides is 1. The Hall–Kier alpha value is -3.86. The topological polar surface area (TPSA) is 112 Å². The van der Waals surface area contributed by atoms with Crippen LogP contribution in [0.5, 0.6) is 5.75 Å². The highest BCUT2D eigenvalue weighted by atomic mass is 19.4. The van der Waals surface area contributed by atoms with Crippen molar-refractivity contribution in [3.05, 3.63) is 77.4 Å². The lowest BCUT2D eigenvalue weighted by Crippen LogP contribution is -2.37. The summed E-state index contributed by atoms with van der Waals surface area (Å²) in [5.74, 6) is -2.37. The molecule has 0 saturated carbocycles. The molecule has 8 nitrogen and oxygen atoms in total. The molecule has 2 aromatic carbocycles. The van der Waals surface area contributed by atoms with Crippen molar-refractivity contribution in [1.29, 1.82) is 5.41 Å². The predicted molar refractivity (Wildman–Crippen MR) is 134 cm³/mol. The van der Waals surface area contributed by atoms with Crippen LogP contribution in [0.25, 0.3) is 0 Å². The second-order valence-corrected chi connectivity index (χ2v) is 8.86. The molecular weight excluding hydrogens is 503 g/mol. The SMILES string of the molecule is COc1ccc(CNC(=O)/C(=C\C(=N)N2C[C@@H](OCc3ccccc3)C[C@H]2CCC(=O)O)C(F)(F)F)cc1. The van der Waals surface area contributed by atoms with E-state index in [0.29, 0.717) is 23.8 Å². The van der Waals surface area contributed by atoms with E-state index in [-0.39, 0.29) is 32.5 Å². The molecule has 1 saturated heterocycles. The van der Waals surface area contributed by atoms with Gasteiger partial charge in [-0.05, 0) is 42.2 Å². The van der Waals surface area contributed by atoms with Crippen LogP contribution >= 0.6 is 0 Å². The van der Waals surface area contributed by atoms with Gasteiger partial charge in [-0.15, -0.1) is 0 Å². The maximum absolute atomic E-state index is 13.8. The van der Waals surface area contributed by atoms with E-state index in [0.717, 1.165) is 5.56 Å². The fourth-order valence-electron chi connectivity index (χ4n) is 4.16. The van der Waals surface area contributed by atoms with E-state index in [1.807, 2.05) is 30.3 Å². The van der Waals surface area contributed by atoms with Crippen LogP contribution in [-0.2, 0) is 27.5 Å². The zero-order chi connectivity index (χ0) is 27.7. The van der Waals surface area contributed by atoms with Gasteiger partial charge < -0.3 is 24.8 Å². The number of hydrogen-bond donors (Lipinski definition) is 3. The molecule has 3 N–H and O–H groups in total. The summed E-state index contributed by atoms with van der Waals surface area (Å²) in [4.78, 5) is 25.0. The van der Waals surface area contributed by atoms with Crippen molar-refractivity contribution in [2.45, 2.75) is 50.7 Å². The van der Waals surface area contributed by atoms with Gasteiger partial charge in [-0.1, -0.05) is 42.5 Å². The normalized spacial score (nSPS) is 17.8. The Bertz CT molecular complexity index is 1140. The Labute approximate surface area is 218 Å². The number of carboxylic acids is 1. The lowest BCUT2D eigenvalue weighted by Gasteiger charge is -2.25. The number of methoxy groups -OCH3 is 1.